The number of likely N-dealkylation sites (tertiary alicyclic amines) is 1. The summed E-state index contributed by atoms with van der Waals surface area (Å²) in [4.78, 5) is 2.41. The van der Waals surface area contributed by atoms with Crippen molar-refractivity contribution in [2.45, 2.75) is 52.1 Å². The Kier molecular flexibility index (Phi) is 6.26. The van der Waals surface area contributed by atoms with Crippen molar-refractivity contribution < 1.29 is 4.74 Å². The van der Waals surface area contributed by atoms with Crippen LogP contribution >= 0.6 is 0 Å². The lowest BCUT2D eigenvalue weighted by Gasteiger charge is -2.26. The molecule has 0 amide bonds. The van der Waals surface area contributed by atoms with Gasteiger partial charge in [-0.25, -0.2) is 0 Å². The number of hydrogen-bond acceptors (Lipinski definition) is 2. The summed E-state index contributed by atoms with van der Waals surface area (Å²) >= 11 is 0. The molecule has 0 aromatic heterocycles. The second kappa shape index (κ2) is 7.24. The first-order chi connectivity index (χ1) is 7.18. The Labute approximate surface area is 95.0 Å². The molecule has 2 unspecified atom stereocenters. The van der Waals surface area contributed by atoms with Crippen LogP contribution in [0.4, 0.5) is 0 Å². The summed E-state index contributed by atoms with van der Waals surface area (Å²) in [6.45, 7) is 8.07. The molecule has 0 aliphatic carbocycles. The van der Waals surface area contributed by atoms with Gasteiger partial charge in [0.15, 0.2) is 0 Å². The van der Waals surface area contributed by atoms with Crippen LogP contribution in [0.5, 0.6) is 0 Å². The highest BCUT2D eigenvalue weighted by Crippen LogP contribution is 2.12. The molecule has 15 heavy (non-hydrogen) atoms. The molecule has 2 atom stereocenters. The molecule has 2 rings (SSSR count). The molecule has 2 nitrogen and oxygen atoms in total. The molecule has 2 aliphatic rings. The Balaban J connectivity index is 0.000000151. The summed E-state index contributed by atoms with van der Waals surface area (Å²) < 4.78 is 5.28. The van der Waals surface area contributed by atoms with E-state index in [1.807, 2.05) is 0 Å². The monoisotopic (exact) mass is 213 g/mol. The van der Waals surface area contributed by atoms with Gasteiger partial charge in [0.2, 0.25) is 0 Å². The largest absolute Gasteiger partial charge is 0.379 e. The Morgan fingerprint density at radius 1 is 1.07 bits per heavy atom. The molecular formula is C13H27NO. The van der Waals surface area contributed by atoms with E-state index in [1.165, 1.54) is 45.2 Å². The van der Waals surface area contributed by atoms with Gasteiger partial charge in [-0.3, -0.25) is 0 Å². The smallest absolute Gasteiger partial charge is 0.0547 e. The summed E-state index contributed by atoms with van der Waals surface area (Å²) in [7, 11) is 2.20. The molecule has 2 saturated heterocycles. The van der Waals surface area contributed by atoms with Gasteiger partial charge in [0.25, 0.3) is 0 Å². The van der Waals surface area contributed by atoms with Crippen molar-refractivity contribution in [1.82, 2.24) is 4.90 Å². The SMILES string of the molecule is CC1CCCCO1.CC1CCCN(C)C1. The van der Waals surface area contributed by atoms with Crippen LogP contribution in [0.1, 0.15) is 46.0 Å². The second-order valence-electron chi connectivity index (χ2n) is 5.19. The molecule has 0 aromatic rings. The minimum Gasteiger partial charge on any atom is -0.379 e. The number of ether oxygens (including phenoxy) is 1. The Morgan fingerprint density at radius 3 is 2.20 bits per heavy atom. The van der Waals surface area contributed by atoms with Crippen molar-refractivity contribution in [3.05, 3.63) is 0 Å². The average molecular weight is 213 g/mol. The molecule has 90 valence electrons. The highest BCUT2D eigenvalue weighted by Gasteiger charge is 2.11. The summed E-state index contributed by atoms with van der Waals surface area (Å²) in [5, 5.41) is 0. The van der Waals surface area contributed by atoms with Crippen LogP contribution in [0.2, 0.25) is 0 Å². The molecular weight excluding hydrogens is 186 g/mol. The maximum absolute atomic E-state index is 5.28. The summed E-state index contributed by atoms with van der Waals surface area (Å²) in [5.41, 5.74) is 0. The number of nitrogens with zero attached hydrogens (tertiary/aromatic N) is 1. The van der Waals surface area contributed by atoms with Gasteiger partial charge >= 0.3 is 0 Å². The fourth-order valence-corrected chi connectivity index (χ4v) is 2.33. The molecule has 2 heterocycles. The van der Waals surface area contributed by atoms with Gasteiger partial charge < -0.3 is 9.64 Å². The van der Waals surface area contributed by atoms with E-state index in [1.54, 1.807) is 0 Å². The molecule has 0 N–H and O–H groups in total. The highest BCUT2D eigenvalue weighted by molar-refractivity contribution is 4.65. The van der Waals surface area contributed by atoms with E-state index in [0.29, 0.717) is 6.10 Å². The summed E-state index contributed by atoms with van der Waals surface area (Å²) in [5.74, 6) is 0.939. The Bertz CT molecular complexity index is 147. The topological polar surface area (TPSA) is 12.5 Å². The van der Waals surface area contributed by atoms with Crippen LogP contribution in [0.25, 0.3) is 0 Å². The Morgan fingerprint density at radius 2 is 1.87 bits per heavy atom. The fraction of sp³-hybridized carbons (Fsp3) is 1.00. The molecule has 0 aromatic carbocycles. The fourth-order valence-electron chi connectivity index (χ4n) is 2.33. The third kappa shape index (κ3) is 6.16. The normalized spacial score (nSPS) is 33.0. The zero-order chi connectivity index (χ0) is 11.1. The zero-order valence-electron chi connectivity index (χ0n) is 10.7. The Hall–Kier alpha value is -0.0800. The quantitative estimate of drug-likeness (QED) is 0.613. The van der Waals surface area contributed by atoms with Gasteiger partial charge in [0, 0.05) is 13.2 Å². The van der Waals surface area contributed by atoms with Crippen LogP contribution in [-0.4, -0.2) is 37.7 Å². The van der Waals surface area contributed by atoms with Gasteiger partial charge in [-0.15, -0.1) is 0 Å². The molecule has 2 heteroatoms. The second-order valence-corrected chi connectivity index (χ2v) is 5.19. The molecule has 0 bridgehead atoms. The minimum atomic E-state index is 0.536. The molecule has 2 fully saturated rings. The van der Waals surface area contributed by atoms with E-state index >= 15 is 0 Å². The zero-order valence-corrected chi connectivity index (χ0v) is 10.7. The average Bonchev–Trinajstić information content (AvgIpc) is 2.19. The van der Waals surface area contributed by atoms with Gasteiger partial charge in [0.05, 0.1) is 6.10 Å². The van der Waals surface area contributed by atoms with Crippen molar-refractivity contribution in [3.63, 3.8) is 0 Å². The number of hydrogen-bond donors (Lipinski definition) is 0. The van der Waals surface area contributed by atoms with Gasteiger partial charge in [-0.05, 0) is 58.5 Å². The van der Waals surface area contributed by atoms with Crippen LogP contribution in [0.3, 0.4) is 0 Å². The summed E-state index contributed by atoms with van der Waals surface area (Å²) in [6, 6.07) is 0. The number of piperidine rings is 1. The van der Waals surface area contributed by atoms with Crippen molar-refractivity contribution in [2.75, 3.05) is 26.7 Å². The lowest BCUT2D eigenvalue weighted by Crippen LogP contribution is -2.30. The van der Waals surface area contributed by atoms with E-state index in [-0.39, 0.29) is 0 Å². The molecule has 0 radical (unpaired) electrons. The van der Waals surface area contributed by atoms with Crippen molar-refractivity contribution in [2.24, 2.45) is 5.92 Å². The minimum absolute atomic E-state index is 0.536. The third-order valence-electron chi connectivity index (χ3n) is 3.27. The van der Waals surface area contributed by atoms with Crippen LogP contribution < -0.4 is 0 Å². The predicted molar refractivity (Wildman–Crippen MR) is 65.2 cm³/mol. The van der Waals surface area contributed by atoms with Crippen molar-refractivity contribution >= 4 is 0 Å². The van der Waals surface area contributed by atoms with Crippen molar-refractivity contribution in [3.8, 4) is 0 Å². The molecule has 0 spiro atoms. The van der Waals surface area contributed by atoms with Crippen LogP contribution in [0.15, 0.2) is 0 Å². The van der Waals surface area contributed by atoms with E-state index in [2.05, 4.69) is 25.8 Å². The van der Waals surface area contributed by atoms with Crippen LogP contribution in [0, 0.1) is 5.92 Å². The summed E-state index contributed by atoms with van der Waals surface area (Å²) in [6.07, 6.45) is 7.27. The highest BCUT2D eigenvalue weighted by atomic mass is 16.5. The lowest BCUT2D eigenvalue weighted by atomic mass is 10.0. The van der Waals surface area contributed by atoms with E-state index < -0.39 is 0 Å². The third-order valence-corrected chi connectivity index (χ3v) is 3.27. The first kappa shape index (κ1) is 13.0. The lowest BCUT2D eigenvalue weighted by molar-refractivity contribution is 0.0285. The van der Waals surface area contributed by atoms with E-state index in [0.717, 1.165) is 12.5 Å². The first-order valence-electron chi connectivity index (χ1n) is 6.48. The standard InChI is InChI=1S/C7H15N.C6H12O/c1-7-4-3-5-8(2)6-7;1-6-4-2-3-5-7-6/h7H,3-6H2,1-2H3;6H,2-5H2,1H3. The van der Waals surface area contributed by atoms with Gasteiger partial charge in [-0.1, -0.05) is 6.92 Å². The first-order valence-corrected chi connectivity index (χ1v) is 6.48. The van der Waals surface area contributed by atoms with Gasteiger partial charge in [0.1, 0.15) is 0 Å². The predicted octanol–water partition coefficient (Wildman–Crippen LogP) is 2.92. The molecule has 2 aliphatic heterocycles. The maximum atomic E-state index is 5.28. The van der Waals surface area contributed by atoms with Crippen LogP contribution in [-0.2, 0) is 4.74 Å². The maximum Gasteiger partial charge on any atom is 0.0547 e. The van der Waals surface area contributed by atoms with E-state index in [9.17, 15) is 0 Å². The number of rotatable bonds is 0. The molecule has 0 saturated carbocycles. The van der Waals surface area contributed by atoms with Gasteiger partial charge in [-0.2, -0.15) is 0 Å². The van der Waals surface area contributed by atoms with Crippen molar-refractivity contribution in [1.29, 1.82) is 0 Å². The van der Waals surface area contributed by atoms with E-state index in [4.69, 9.17) is 4.74 Å².